The molecule has 0 aliphatic heterocycles. The number of fused-ring (bicyclic) bond motifs is 9. The first-order valence-corrected chi connectivity index (χ1v) is 19.2. The van der Waals surface area contributed by atoms with E-state index in [1.807, 2.05) is 11.3 Å². The fourth-order valence-electron chi connectivity index (χ4n) is 8.98. The highest BCUT2D eigenvalue weighted by Crippen LogP contribution is 2.50. The second-order valence-corrected chi connectivity index (χ2v) is 16.0. The molecule has 0 fully saturated rings. The monoisotopic (exact) mass is 693 g/mol. The predicted octanol–water partition coefficient (Wildman–Crippen LogP) is 14.5. The van der Waals surface area contributed by atoms with Gasteiger partial charge in [0.05, 0.1) is 11.0 Å². The number of aromatic nitrogens is 1. The molecule has 0 atom stereocenters. The third-order valence-corrected chi connectivity index (χ3v) is 12.8. The molecule has 53 heavy (non-hydrogen) atoms. The lowest BCUT2D eigenvalue weighted by molar-refractivity contribution is 0.660. The molecule has 0 radical (unpaired) electrons. The third kappa shape index (κ3) is 4.56. The lowest BCUT2D eigenvalue weighted by atomic mass is 9.81. The summed E-state index contributed by atoms with van der Waals surface area (Å²) in [5.41, 5.74) is 16.4. The summed E-state index contributed by atoms with van der Waals surface area (Å²) in [6, 6.07) is 65.4. The Kier molecular flexibility index (Phi) is 6.53. The minimum absolute atomic E-state index is 0.0685. The van der Waals surface area contributed by atoms with Crippen LogP contribution in [0.3, 0.4) is 0 Å². The second kappa shape index (κ2) is 11.4. The van der Waals surface area contributed by atoms with Gasteiger partial charge in [0, 0.05) is 42.0 Å². The van der Waals surface area contributed by atoms with Crippen LogP contribution < -0.4 is 0 Å². The zero-order chi connectivity index (χ0) is 35.3. The van der Waals surface area contributed by atoms with Gasteiger partial charge in [-0.25, -0.2) is 0 Å². The van der Waals surface area contributed by atoms with Crippen LogP contribution in [0.4, 0.5) is 0 Å². The summed E-state index contributed by atoms with van der Waals surface area (Å²) in [4.78, 5) is 0. The zero-order valence-corrected chi connectivity index (χ0v) is 30.4. The summed E-state index contributed by atoms with van der Waals surface area (Å²) >= 11 is 1.90. The average molecular weight is 694 g/mol. The topological polar surface area (TPSA) is 4.93 Å². The summed E-state index contributed by atoms with van der Waals surface area (Å²) in [5.74, 6) is 0. The van der Waals surface area contributed by atoms with E-state index in [9.17, 15) is 0 Å². The number of rotatable bonds is 4. The van der Waals surface area contributed by atoms with Gasteiger partial charge >= 0.3 is 0 Å². The number of nitrogens with zero attached hydrogens (tertiary/aromatic N) is 1. The Morgan fingerprint density at radius 1 is 0.396 bits per heavy atom. The summed E-state index contributed by atoms with van der Waals surface area (Å²) in [6.07, 6.45) is 0. The highest BCUT2D eigenvalue weighted by Gasteiger charge is 2.35. The van der Waals surface area contributed by atoms with Gasteiger partial charge in [0.2, 0.25) is 0 Å². The van der Waals surface area contributed by atoms with Crippen molar-refractivity contribution in [1.29, 1.82) is 0 Å². The molecule has 2 aromatic heterocycles. The van der Waals surface area contributed by atoms with Crippen molar-refractivity contribution in [3.63, 3.8) is 0 Å². The van der Waals surface area contributed by atoms with Crippen LogP contribution in [0.1, 0.15) is 25.0 Å². The van der Waals surface area contributed by atoms with Crippen LogP contribution in [-0.4, -0.2) is 4.57 Å². The van der Waals surface area contributed by atoms with E-state index < -0.39 is 0 Å². The first-order chi connectivity index (χ1) is 26.0. The van der Waals surface area contributed by atoms with Gasteiger partial charge in [-0.1, -0.05) is 135 Å². The van der Waals surface area contributed by atoms with E-state index in [1.54, 1.807) is 0 Å². The molecule has 250 valence electrons. The quantitative estimate of drug-likeness (QED) is 0.173. The van der Waals surface area contributed by atoms with E-state index in [1.165, 1.54) is 103 Å². The Bertz CT molecular complexity index is 3080. The maximum Gasteiger partial charge on any atom is 0.0547 e. The molecular weight excluding hydrogens is 659 g/mol. The van der Waals surface area contributed by atoms with Crippen LogP contribution in [0.15, 0.2) is 176 Å². The average Bonchev–Trinajstić information content (AvgIpc) is 3.83. The van der Waals surface area contributed by atoms with Gasteiger partial charge in [0.25, 0.3) is 0 Å². The molecule has 2 heterocycles. The number of para-hydroxylation sites is 2. The van der Waals surface area contributed by atoms with E-state index in [0.717, 1.165) is 0 Å². The molecule has 11 rings (SSSR count). The van der Waals surface area contributed by atoms with E-state index in [2.05, 4.69) is 194 Å². The molecule has 0 amide bonds. The lowest BCUT2D eigenvalue weighted by Crippen LogP contribution is -2.14. The van der Waals surface area contributed by atoms with Gasteiger partial charge in [-0.05, 0) is 110 Å². The van der Waals surface area contributed by atoms with Crippen molar-refractivity contribution in [2.24, 2.45) is 0 Å². The van der Waals surface area contributed by atoms with Crippen LogP contribution in [0, 0.1) is 0 Å². The highest BCUT2D eigenvalue weighted by molar-refractivity contribution is 7.26. The Morgan fingerprint density at radius 2 is 1.02 bits per heavy atom. The minimum atomic E-state index is -0.0685. The first kappa shape index (κ1) is 30.4. The van der Waals surface area contributed by atoms with E-state index in [-0.39, 0.29) is 5.41 Å². The molecule has 2 heteroatoms. The first-order valence-electron chi connectivity index (χ1n) is 18.4. The molecule has 8 aromatic carbocycles. The summed E-state index contributed by atoms with van der Waals surface area (Å²) in [7, 11) is 0. The molecule has 10 aromatic rings. The molecule has 0 saturated heterocycles. The van der Waals surface area contributed by atoms with Gasteiger partial charge in [-0.2, -0.15) is 0 Å². The maximum atomic E-state index is 2.45. The van der Waals surface area contributed by atoms with Crippen molar-refractivity contribution in [1.82, 2.24) is 4.57 Å². The number of hydrogen-bond acceptors (Lipinski definition) is 1. The zero-order valence-electron chi connectivity index (χ0n) is 29.6. The Labute approximate surface area is 313 Å². The van der Waals surface area contributed by atoms with Crippen LogP contribution in [0.25, 0.3) is 92.2 Å². The van der Waals surface area contributed by atoms with E-state index in [4.69, 9.17) is 0 Å². The highest BCUT2D eigenvalue weighted by atomic mass is 32.1. The normalized spacial score (nSPS) is 13.2. The third-order valence-electron chi connectivity index (χ3n) is 11.6. The van der Waals surface area contributed by atoms with Gasteiger partial charge in [0.1, 0.15) is 0 Å². The van der Waals surface area contributed by atoms with E-state index in [0.29, 0.717) is 0 Å². The molecule has 0 saturated carbocycles. The van der Waals surface area contributed by atoms with Crippen LogP contribution in [0.5, 0.6) is 0 Å². The Morgan fingerprint density at radius 3 is 1.89 bits per heavy atom. The van der Waals surface area contributed by atoms with Crippen LogP contribution >= 0.6 is 11.3 Å². The van der Waals surface area contributed by atoms with Gasteiger partial charge < -0.3 is 4.57 Å². The molecule has 0 spiro atoms. The van der Waals surface area contributed by atoms with Crippen molar-refractivity contribution in [2.75, 3.05) is 0 Å². The maximum absolute atomic E-state index is 2.45. The Balaban J connectivity index is 1.16. The predicted molar refractivity (Wildman–Crippen MR) is 228 cm³/mol. The van der Waals surface area contributed by atoms with Gasteiger partial charge in [-0.15, -0.1) is 11.3 Å². The molecule has 0 N–H and O–H groups in total. The van der Waals surface area contributed by atoms with Gasteiger partial charge in [-0.3, -0.25) is 0 Å². The second-order valence-electron chi connectivity index (χ2n) is 14.9. The van der Waals surface area contributed by atoms with Crippen molar-refractivity contribution < 1.29 is 0 Å². The molecule has 0 unspecified atom stereocenters. The molecule has 0 bridgehead atoms. The summed E-state index contributed by atoms with van der Waals surface area (Å²) in [6.45, 7) is 4.74. The summed E-state index contributed by atoms with van der Waals surface area (Å²) < 4.78 is 5.07. The largest absolute Gasteiger partial charge is 0.309 e. The Hall–Kier alpha value is -6.22. The molecular formula is C51H35NS. The van der Waals surface area contributed by atoms with Crippen LogP contribution in [0.2, 0.25) is 0 Å². The smallest absolute Gasteiger partial charge is 0.0547 e. The van der Waals surface area contributed by atoms with Crippen molar-refractivity contribution >= 4 is 53.3 Å². The fourth-order valence-corrected chi connectivity index (χ4v) is 10.2. The molecule has 1 nitrogen and oxygen atoms in total. The SMILES string of the molecule is CC1(C)c2ccccc2-c2ccc(-c3cc(-c4ccc5c6ccccc6n(-c6ccccc6)c5c4)cc(-c4cccc5c4sc4ccccc45)c3)cc21. The van der Waals surface area contributed by atoms with Crippen molar-refractivity contribution in [3.05, 3.63) is 187 Å². The molecule has 1 aliphatic carbocycles. The van der Waals surface area contributed by atoms with E-state index >= 15 is 0 Å². The van der Waals surface area contributed by atoms with Crippen molar-refractivity contribution in [2.45, 2.75) is 19.3 Å². The lowest BCUT2D eigenvalue weighted by Gasteiger charge is -2.22. The standard InChI is InChI=1S/C51H35NS/c1-51(2)45-20-9-6-15-39(45)40-25-23-32(30-46(40)51)34-27-35(29-36(28-34)38-18-12-19-44-43-17-8-11-22-49(43)53-50(38)44)33-24-26-42-41-16-7-10-21-47(41)52(48(42)31-33)37-13-4-3-5-14-37/h3-31H,1-2H3. The fraction of sp³-hybridized carbons (Fsp3) is 0.0588. The van der Waals surface area contributed by atoms with Crippen molar-refractivity contribution in [3.8, 4) is 50.2 Å². The summed E-state index contributed by atoms with van der Waals surface area (Å²) in [5, 5.41) is 5.18. The number of benzene rings is 8. The number of hydrogen-bond donors (Lipinski definition) is 0. The molecule has 1 aliphatic rings. The minimum Gasteiger partial charge on any atom is -0.309 e. The van der Waals surface area contributed by atoms with Gasteiger partial charge in [0.15, 0.2) is 0 Å². The van der Waals surface area contributed by atoms with Crippen LogP contribution in [-0.2, 0) is 5.41 Å². The number of thiophene rings is 1.